The van der Waals surface area contributed by atoms with E-state index in [9.17, 15) is 9.90 Å². The van der Waals surface area contributed by atoms with Crippen molar-refractivity contribution in [1.82, 2.24) is 5.32 Å². The smallest absolute Gasteiger partial charge is 0.217 e. The maximum absolute atomic E-state index is 11.4. The van der Waals surface area contributed by atoms with E-state index in [4.69, 9.17) is 4.74 Å². The second kappa shape index (κ2) is 7.14. The largest absolute Gasteiger partial charge is 0.493 e. The third-order valence-corrected chi connectivity index (χ3v) is 4.51. The number of aliphatic hydroxyl groups excluding tert-OH is 1. The number of fused-ring (bicyclic) bond motifs is 1. The van der Waals surface area contributed by atoms with Gasteiger partial charge in [-0.15, -0.1) is 0 Å². The highest BCUT2D eigenvalue weighted by Gasteiger charge is 2.27. The molecule has 4 nitrogen and oxygen atoms in total. The van der Waals surface area contributed by atoms with Gasteiger partial charge in [-0.25, -0.2) is 0 Å². The van der Waals surface area contributed by atoms with Crippen LogP contribution in [0.4, 0.5) is 0 Å². The molecule has 2 rings (SSSR count). The molecular formula is C18H27NO3. The van der Waals surface area contributed by atoms with Crippen LogP contribution in [0.15, 0.2) is 6.07 Å². The molecule has 2 N–H and O–H groups in total. The number of carbonyl (C=O) groups excluding carboxylic acids is 1. The Hall–Kier alpha value is -1.55. The third kappa shape index (κ3) is 3.43. The normalized spacial score (nSPS) is 18.3. The van der Waals surface area contributed by atoms with Crippen LogP contribution >= 0.6 is 0 Å². The molecule has 4 heteroatoms. The van der Waals surface area contributed by atoms with Crippen LogP contribution in [-0.2, 0) is 4.79 Å². The highest BCUT2D eigenvalue weighted by molar-refractivity contribution is 5.73. The maximum Gasteiger partial charge on any atom is 0.217 e. The molecule has 1 aromatic carbocycles. The molecule has 2 atom stereocenters. The van der Waals surface area contributed by atoms with Gasteiger partial charge in [0.1, 0.15) is 5.75 Å². The van der Waals surface area contributed by atoms with Gasteiger partial charge in [0.25, 0.3) is 0 Å². The van der Waals surface area contributed by atoms with E-state index in [-0.39, 0.29) is 11.9 Å². The number of aliphatic hydroxyl groups is 1. The Morgan fingerprint density at radius 1 is 1.45 bits per heavy atom. The van der Waals surface area contributed by atoms with E-state index in [1.165, 1.54) is 6.92 Å². The molecule has 0 spiro atoms. The van der Waals surface area contributed by atoms with E-state index < -0.39 is 6.10 Å². The number of rotatable bonds is 5. The van der Waals surface area contributed by atoms with Gasteiger partial charge in [-0.1, -0.05) is 19.8 Å². The number of carbonyl (C=O) groups is 1. The maximum atomic E-state index is 11.4. The van der Waals surface area contributed by atoms with Crippen LogP contribution in [-0.4, -0.2) is 17.6 Å². The van der Waals surface area contributed by atoms with Crippen LogP contribution < -0.4 is 10.1 Å². The molecule has 0 fully saturated rings. The monoisotopic (exact) mass is 305 g/mol. The topological polar surface area (TPSA) is 58.6 Å². The number of hydrogen-bond donors (Lipinski definition) is 2. The van der Waals surface area contributed by atoms with Crippen LogP contribution in [0.2, 0.25) is 0 Å². The Balaban J connectivity index is 2.41. The van der Waals surface area contributed by atoms with E-state index in [2.05, 4.69) is 12.2 Å². The van der Waals surface area contributed by atoms with Crippen molar-refractivity contribution in [2.24, 2.45) is 0 Å². The van der Waals surface area contributed by atoms with Crippen molar-refractivity contribution in [1.29, 1.82) is 0 Å². The highest BCUT2D eigenvalue weighted by Crippen LogP contribution is 2.40. The number of hydrogen-bond acceptors (Lipinski definition) is 3. The SMILES string of the molecule is CCCCC(O)c1cc2c(c(C)c1C)OCCC2NC(C)=O. The summed E-state index contributed by atoms with van der Waals surface area (Å²) in [6.07, 6.45) is 3.14. The highest BCUT2D eigenvalue weighted by atomic mass is 16.5. The van der Waals surface area contributed by atoms with Crippen LogP contribution in [0.25, 0.3) is 0 Å². The Bertz CT molecular complexity index is 554. The average Bonchev–Trinajstić information content (AvgIpc) is 2.48. The van der Waals surface area contributed by atoms with Gasteiger partial charge in [0, 0.05) is 18.9 Å². The zero-order valence-electron chi connectivity index (χ0n) is 14.0. The van der Waals surface area contributed by atoms with Gasteiger partial charge < -0.3 is 15.2 Å². The molecule has 1 aliphatic rings. The zero-order valence-corrected chi connectivity index (χ0v) is 14.0. The minimum Gasteiger partial charge on any atom is -0.493 e. The molecule has 1 heterocycles. The number of amides is 1. The summed E-state index contributed by atoms with van der Waals surface area (Å²) in [5, 5.41) is 13.5. The molecular weight excluding hydrogens is 278 g/mol. The minimum absolute atomic E-state index is 0.0299. The lowest BCUT2D eigenvalue weighted by Crippen LogP contribution is -2.31. The average molecular weight is 305 g/mol. The Kier molecular flexibility index (Phi) is 5.46. The molecule has 22 heavy (non-hydrogen) atoms. The van der Waals surface area contributed by atoms with Gasteiger partial charge in [0.05, 0.1) is 18.8 Å². The van der Waals surface area contributed by atoms with Gasteiger partial charge >= 0.3 is 0 Å². The summed E-state index contributed by atoms with van der Waals surface area (Å²) in [5.41, 5.74) is 4.12. The summed E-state index contributed by atoms with van der Waals surface area (Å²) < 4.78 is 5.83. The van der Waals surface area contributed by atoms with Gasteiger partial charge in [-0.3, -0.25) is 4.79 Å². The Labute approximate surface area is 132 Å². The number of nitrogens with one attached hydrogen (secondary N) is 1. The standard InChI is InChI=1S/C18H27NO3/c1-5-6-7-17(21)14-10-15-16(19-13(4)20)8-9-22-18(15)12(3)11(14)2/h10,16-17,21H,5-9H2,1-4H3,(H,19,20). The fourth-order valence-electron chi connectivity index (χ4n) is 3.12. The summed E-state index contributed by atoms with van der Waals surface area (Å²) >= 11 is 0. The van der Waals surface area contributed by atoms with Crippen molar-refractivity contribution in [2.45, 2.75) is 65.5 Å². The van der Waals surface area contributed by atoms with E-state index in [0.29, 0.717) is 6.61 Å². The van der Waals surface area contributed by atoms with Crippen LogP contribution in [0.3, 0.4) is 0 Å². The van der Waals surface area contributed by atoms with Crippen LogP contribution in [0.5, 0.6) is 5.75 Å². The zero-order chi connectivity index (χ0) is 16.3. The van der Waals surface area contributed by atoms with Crippen molar-refractivity contribution in [3.63, 3.8) is 0 Å². The van der Waals surface area contributed by atoms with E-state index in [1.54, 1.807) is 0 Å². The molecule has 122 valence electrons. The second-order valence-corrected chi connectivity index (χ2v) is 6.18. The van der Waals surface area contributed by atoms with E-state index in [1.807, 2.05) is 19.9 Å². The molecule has 0 saturated carbocycles. The summed E-state index contributed by atoms with van der Waals surface area (Å²) in [5.74, 6) is 0.832. The number of benzene rings is 1. The fraction of sp³-hybridized carbons (Fsp3) is 0.611. The Morgan fingerprint density at radius 3 is 2.82 bits per heavy atom. The van der Waals surface area contributed by atoms with Crippen molar-refractivity contribution in [2.75, 3.05) is 6.61 Å². The first-order valence-electron chi connectivity index (χ1n) is 8.17. The summed E-state index contributed by atoms with van der Waals surface area (Å²) in [4.78, 5) is 11.4. The third-order valence-electron chi connectivity index (χ3n) is 4.51. The summed E-state index contributed by atoms with van der Waals surface area (Å²) in [6, 6.07) is 2.00. The molecule has 0 radical (unpaired) electrons. The molecule has 2 unspecified atom stereocenters. The van der Waals surface area contributed by atoms with Gasteiger partial charge in [0.2, 0.25) is 5.91 Å². The molecule has 1 amide bonds. The first-order valence-corrected chi connectivity index (χ1v) is 8.17. The Morgan fingerprint density at radius 2 is 2.18 bits per heavy atom. The summed E-state index contributed by atoms with van der Waals surface area (Å²) in [6.45, 7) is 8.33. The van der Waals surface area contributed by atoms with Crippen molar-refractivity contribution in [3.05, 3.63) is 28.3 Å². The lowest BCUT2D eigenvalue weighted by Gasteiger charge is -2.30. The van der Waals surface area contributed by atoms with Gasteiger partial charge in [-0.2, -0.15) is 0 Å². The van der Waals surface area contributed by atoms with Gasteiger partial charge in [-0.05, 0) is 43.0 Å². The molecule has 0 saturated heterocycles. The van der Waals surface area contributed by atoms with Crippen molar-refractivity contribution >= 4 is 5.91 Å². The molecule has 1 aliphatic heterocycles. The molecule has 0 bridgehead atoms. The molecule has 0 aromatic heterocycles. The van der Waals surface area contributed by atoms with Crippen molar-refractivity contribution < 1.29 is 14.6 Å². The first kappa shape index (κ1) is 16.8. The van der Waals surface area contributed by atoms with Crippen molar-refractivity contribution in [3.8, 4) is 5.75 Å². The summed E-state index contributed by atoms with van der Waals surface area (Å²) in [7, 11) is 0. The van der Waals surface area contributed by atoms with Crippen LogP contribution in [0, 0.1) is 13.8 Å². The number of unbranched alkanes of at least 4 members (excludes halogenated alkanes) is 1. The lowest BCUT2D eigenvalue weighted by molar-refractivity contribution is -0.119. The molecule has 0 aliphatic carbocycles. The van der Waals surface area contributed by atoms with Gasteiger partial charge in [0.15, 0.2) is 0 Å². The first-order chi connectivity index (χ1) is 10.5. The van der Waals surface area contributed by atoms with Crippen LogP contribution in [0.1, 0.15) is 73.9 Å². The quantitative estimate of drug-likeness (QED) is 0.875. The second-order valence-electron chi connectivity index (χ2n) is 6.18. The predicted octanol–water partition coefficient (Wildman–Crippen LogP) is 3.49. The predicted molar refractivity (Wildman–Crippen MR) is 87.1 cm³/mol. The fourth-order valence-corrected chi connectivity index (χ4v) is 3.12. The van der Waals surface area contributed by atoms with E-state index >= 15 is 0 Å². The molecule has 1 aromatic rings. The lowest BCUT2D eigenvalue weighted by atomic mass is 9.88. The van der Waals surface area contributed by atoms with E-state index in [0.717, 1.165) is 53.7 Å². The number of ether oxygens (including phenoxy) is 1. The minimum atomic E-state index is -0.455.